The molecule has 0 bridgehead atoms. The molecule has 1 amide bonds. The number of hydrogen-bond acceptors (Lipinski definition) is 4. The summed E-state index contributed by atoms with van der Waals surface area (Å²) in [7, 11) is 0. The van der Waals surface area contributed by atoms with Crippen LogP contribution in [0.1, 0.15) is 10.4 Å². The van der Waals surface area contributed by atoms with Gasteiger partial charge in [-0.3, -0.25) is 19.7 Å². The van der Waals surface area contributed by atoms with Gasteiger partial charge in [0.05, 0.1) is 4.92 Å². The van der Waals surface area contributed by atoms with Crippen molar-refractivity contribution in [1.29, 1.82) is 0 Å². The summed E-state index contributed by atoms with van der Waals surface area (Å²) in [6, 6.07) is 3.10. The van der Waals surface area contributed by atoms with Gasteiger partial charge in [0.25, 0.3) is 11.6 Å². The molecule has 0 unspecified atom stereocenters. The fourth-order valence-electron chi connectivity index (χ4n) is 1.09. The molecule has 19 heavy (non-hydrogen) atoms. The van der Waals surface area contributed by atoms with E-state index in [4.69, 9.17) is 11.6 Å². The maximum absolute atomic E-state index is 11.8. The second-order valence-electron chi connectivity index (χ2n) is 3.25. The summed E-state index contributed by atoms with van der Waals surface area (Å²) in [6.45, 7) is -1.71. The summed E-state index contributed by atoms with van der Waals surface area (Å²) in [4.78, 5) is 25.1. The van der Waals surface area contributed by atoms with Crippen LogP contribution in [-0.4, -0.2) is 23.6 Å². The summed E-state index contributed by atoms with van der Waals surface area (Å²) in [5.41, 5.74) is 0.364. The topological polar surface area (TPSA) is 81.5 Å². The number of hydrogen-bond donors (Lipinski definition) is 1. The van der Waals surface area contributed by atoms with E-state index in [0.717, 1.165) is 12.1 Å². The van der Waals surface area contributed by atoms with E-state index in [0.29, 0.717) is 0 Å². The van der Waals surface area contributed by atoms with Crippen molar-refractivity contribution in [3.05, 3.63) is 38.9 Å². The molecule has 0 saturated heterocycles. The van der Waals surface area contributed by atoms with Gasteiger partial charge >= 0.3 is 6.18 Å². The summed E-state index contributed by atoms with van der Waals surface area (Å²) in [6.07, 6.45) is -4.63. The third-order valence-corrected chi connectivity index (χ3v) is 2.04. The maximum atomic E-state index is 11.8. The van der Waals surface area contributed by atoms with Crippen LogP contribution < -0.4 is 5.48 Å². The Kier molecular flexibility index (Phi) is 4.67. The lowest BCUT2D eigenvalue weighted by Crippen LogP contribution is -2.29. The number of nitrogens with one attached hydrogen (secondary N) is 1. The third kappa shape index (κ3) is 4.72. The van der Waals surface area contributed by atoms with Crippen molar-refractivity contribution >= 4 is 23.2 Å². The molecule has 0 spiro atoms. The van der Waals surface area contributed by atoms with Gasteiger partial charge in [-0.1, -0.05) is 11.6 Å². The minimum atomic E-state index is -4.63. The van der Waals surface area contributed by atoms with Crippen molar-refractivity contribution < 1.29 is 27.7 Å². The fraction of sp³-hybridized carbons (Fsp3) is 0.222. The molecule has 0 heterocycles. The average molecular weight is 299 g/mol. The highest BCUT2D eigenvalue weighted by Gasteiger charge is 2.29. The summed E-state index contributed by atoms with van der Waals surface area (Å²) < 4.78 is 35.3. The number of rotatable bonds is 4. The Hall–Kier alpha value is -1.87. The zero-order valence-corrected chi connectivity index (χ0v) is 9.79. The number of halogens is 4. The van der Waals surface area contributed by atoms with Crippen molar-refractivity contribution in [1.82, 2.24) is 5.48 Å². The molecule has 1 aromatic carbocycles. The van der Waals surface area contributed by atoms with Gasteiger partial charge in [0.15, 0.2) is 6.61 Å². The van der Waals surface area contributed by atoms with E-state index in [9.17, 15) is 28.1 Å². The number of nitrogens with zero attached hydrogens (tertiary/aromatic N) is 1. The average Bonchev–Trinajstić information content (AvgIpc) is 2.26. The van der Waals surface area contributed by atoms with Crippen LogP contribution in [-0.2, 0) is 4.84 Å². The van der Waals surface area contributed by atoms with Crippen LogP contribution in [0.15, 0.2) is 18.2 Å². The number of carbonyl (C=O) groups is 1. The number of hydroxylamine groups is 1. The molecular weight excluding hydrogens is 293 g/mol. The Morgan fingerprint density at radius 1 is 1.47 bits per heavy atom. The predicted molar refractivity (Wildman–Crippen MR) is 57.6 cm³/mol. The van der Waals surface area contributed by atoms with Crippen LogP contribution in [0, 0.1) is 10.1 Å². The van der Waals surface area contributed by atoms with Crippen molar-refractivity contribution in [2.75, 3.05) is 6.61 Å². The lowest BCUT2D eigenvalue weighted by atomic mass is 10.2. The molecule has 1 N–H and O–H groups in total. The minimum Gasteiger partial charge on any atom is -0.267 e. The number of amides is 1. The van der Waals surface area contributed by atoms with E-state index in [2.05, 4.69) is 4.84 Å². The lowest BCUT2D eigenvalue weighted by Gasteiger charge is -2.08. The maximum Gasteiger partial charge on any atom is 0.414 e. The van der Waals surface area contributed by atoms with Crippen molar-refractivity contribution in [2.24, 2.45) is 0 Å². The molecule has 1 aromatic rings. The molecule has 0 radical (unpaired) electrons. The summed E-state index contributed by atoms with van der Waals surface area (Å²) >= 11 is 5.51. The molecule has 0 fully saturated rings. The first kappa shape index (κ1) is 15.2. The highest BCUT2D eigenvalue weighted by atomic mass is 35.5. The number of alkyl halides is 3. The highest BCUT2D eigenvalue weighted by molar-refractivity contribution is 6.31. The Morgan fingerprint density at radius 2 is 2.11 bits per heavy atom. The quantitative estimate of drug-likeness (QED) is 0.684. The Bertz CT molecular complexity index is 507. The molecule has 0 aliphatic carbocycles. The van der Waals surface area contributed by atoms with Gasteiger partial charge in [-0.25, -0.2) is 5.48 Å². The molecule has 104 valence electrons. The zero-order valence-electron chi connectivity index (χ0n) is 9.03. The Morgan fingerprint density at radius 3 is 2.63 bits per heavy atom. The monoisotopic (exact) mass is 298 g/mol. The molecule has 0 saturated carbocycles. The largest absolute Gasteiger partial charge is 0.414 e. The predicted octanol–water partition coefficient (Wildman–Crippen LogP) is 2.47. The molecule has 0 aromatic heterocycles. The van der Waals surface area contributed by atoms with Gasteiger partial charge in [0.2, 0.25) is 0 Å². The second kappa shape index (κ2) is 5.85. The van der Waals surface area contributed by atoms with E-state index >= 15 is 0 Å². The first-order valence-corrected chi connectivity index (χ1v) is 5.01. The van der Waals surface area contributed by atoms with Gasteiger partial charge in [0, 0.05) is 11.1 Å². The summed E-state index contributed by atoms with van der Waals surface area (Å²) in [5, 5.41) is 10.7. The number of nitro groups is 1. The van der Waals surface area contributed by atoms with Gasteiger partial charge in [-0.05, 0) is 12.1 Å². The van der Waals surface area contributed by atoms with E-state index < -0.39 is 34.9 Å². The highest BCUT2D eigenvalue weighted by Crippen LogP contribution is 2.23. The second-order valence-corrected chi connectivity index (χ2v) is 3.69. The molecular formula is C9H6ClF3N2O4. The molecule has 0 aliphatic rings. The summed E-state index contributed by atoms with van der Waals surface area (Å²) in [5.74, 6) is -1.17. The van der Waals surface area contributed by atoms with Crippen LogP contribution in [0.3, 0.4) is 0 Å². The smallest absolute Gasteiger partial charge is 0.267 e. The molecule has 0 aliphatic heterocycles. The standard InChI is InChI=1S/C9H6ClF3N2O4/c10-5-1-2-6(7(3-5)15(17)18)8(16)14-19-4-9(11,12)13/h1-3H,4H2,(H,14,16). The number of nitro benzene ring substituents is 1. The van der Waals surface area contributed by atoms with Crippen molar-refractivity contribution in [2.45, 2.75) is 6.18 Å². The van der Waals surface area contributed by atoms with Gasteiger partial charge in [-0.2, -0.15) is 13.2 Å². The third-order valence-electron chi connectivity index (χ3n) is 1.80. The van der Waals surface area contributed by atoms with Crippen LogP contribution in [0.25, 0.3) is 0 Å². The van der Waals surface area contributed by atoms with E-state index in [-0.39, 0.29) is 5.02 Å². The first-order valence-electron chi connectivity index (χ1n) is 4.63. The Balaban J connectivity index is 2.80. The van der Waals surface area contributed by atoms with Crippen LogP contribution in [0.4, 0.5) is 18.9 Å². The van der Waals surface area contributed by atoms with E-state index in [1.165, 1.54) is 11.5 Å². The van der Waals surface area contributed by atoms with E-state index in [1.54, 1.807) is 0 Å². The van der Waals surface area contributed by atoms with Crippen LogP contribution >= 0.6 is 11.6 Å². The lowest BCUT2D eigenvalue weighted by molar-refractivity contribution is -0.385. The van der Waals surface area contributed by atoms with E-state index in [1.807, 2.05) is 0 Å². The normalized spacial score (nSPS) is 11.2. The first-order chi connectivity index (χ1) is 8.70. The molecule has 1 rings (SSSR count). The van der Waals surface area contributed by atoms with Gasteiger partial charge < -0.3 is 0 Å². The SMILES string of the molecule is O=C(NOCC(F)(F)F)c1ccc(Cl)cc1[N+](=O)[O-]. The van der Waals surface area contributed by atoms with Gasteiger partial charge in [-0.15, -0.1) is 0 Å². The number of carbonyl (C=O) groups excluding carboxylic acids is 1. The van der Waals surface area contributed by atoms with Crippen LogP contribution in [0.5, 0.6) is 0 Å². The Labute approximate surface area is 109 Å². The number of benzene rings is 1. The molecule has 10 heteroatoms. The molecule has 6 nitrogen and oxygen atoms in total. The zero-order chi connectivity index (χ0) is 14.6. The minimum absolute atomic E-state index is 0.0134. The van der Waals surface area contributed by atoms with Gasteiger partial charge in [0.1, 0.15) is 5.56 Å². The van der Waals surface area contributed by atoms with Crippen molar-refractivity contribution in [3.8, 4) is 0 Å². The van der Waals surface area contributed by atoms with Crippen molar-refractivity contribution in [3.63, 3.8) is 0 Å². The molecule has 0 atom stereocenters. The van der Waals surface area contributed by atoms with Crippen LogP contribution in [0.2, 0.25) is 5.02 Å². The fourth-order valence-corrected chi connectivity index (χ4v) is 1.25.